The van der Waals surface area contributed by atoms with E-state index in [4.69, 9.17) is 11.6 Å². The maximum Gasteiger partial charge on any atom is 0.0880 e. The first-order valence-corrected chi connectivity index (χ1v) is 9.24. The molecule has 1 heterocycles. The first-order valence-electron chi connectivity index (χ1n) is 8.86. The van der Waals surface area contributed by atoms with Crippen molar-refractivity contribution in [1.82, 2.24) is 4.90 Å². The molecule has 24 heavy (non-hydrogen) atoms. The monoisotopic (exact) mass is 343 g/mol. The van der Waals surface area contributed by atoms with Gasteiger partial charge in [-0.25, -0.2) is 0 Å². The van der Waals surface area contributed by atoms with E-state index in [1.807, 2.05) is 43.3 Å². The zero-order valence-electron chi connectivity index (χ0n) is 14.3. The molecule has 2 aromatic rings. The summed E-state index contributed by atoms with van der Waals surface area (Å²) in [7, 11) is 0. The van der Waals surface area contributed by atoms with Crippen LogP contribution in [0.25, 0.3) is 11.1 Å². The van der Waals surface area contributed by atoms with Crippen LogP contribution in [0, 0.1) is 0 Å². The van der Waals surface area contributed by atoms with E-state index < -0.39 is 5.60 Å². The molecule has 1 aliphatic heterocycles. The quantitative estimate of drug-likeness (QED) is 0.817. The van der Waals surface area contributed by atoms with Crippen molar-refractivity contribution < 1.29 is 5.11 Å². The van der Waals surface area contributed by atoms with Crippen LogP contribution in [0.2, 0.25) is 5.02 Å². The van der Waals surface area contributed by atoms with Gasteiger partial charge < -0.3 is 10.0 Å². The SMILES string of the molecule is CC(O)(CCN1CCCCC1)c1ccc(-c2ccc(Cl)cc2)cc1. The predicted octanol–water partition coefficient (Wildman–Crippen LogP) is 5.09. The Bertz CT molecular complexity index is 643. The summed E-state index contributed by atoms with van der Waals surface area (Å²) in [5.41, 5.74) is 2.48. The first-order chi connectivity index (χ1) is 11.5. The predicted molar refractivity (Wildman–Crippen MR) is 101 cm³/mol. The summed E-state index contributed by atoms with van der Waals surface area (Å²) < 4.78 is 0. The lowest BCUT2D eigenvalue weighted by atomic mass is 9.90. The van der Waals surface area contributed by atoms with E-state index >= 15 is 0 Å². The Hall–Kier alpha value is -1.35. The number of benzene rings is 2. The van der Waals surface area contributed by atoms with Crippen molar-refractivity contribution in [1.29, 1.82) is 0 Å². The molecule has 1 fully saturated rings. The smallest absolute Gasteiger partial charge is 0.0880 e. The molecule has 2 nitrogen and oxygen atoms in total. The normalized spacial score (nSPS) is 18.3. The van der Waals surface area contributed by atoms with Gasteiger partial charge in [-0.3, -0.25) is 0 Å². The van der Waals surface area contributed by atoms with Crippen LogP contribution in [-0.4, -0.2) is 29.6 Å². The van der Waals surface area contributed by atoms with Crippen LogP contribution in [0.15, 0.2) is 48.5 Å². The number of likely N-dealkylation sites (tertiary alicyclic amines) is 1. The van der Waals surface area contributed by atoms with E-state index in [9.17, 15) is 5.11 Å². The first kappa shape index (κ1) is 17.5. The Kier molecular flexibility index (Phi) is 5.60. The molecule has 3 heteroatoms. The number of hydrogen-bond donors (Lipinski definition) is 1. The fraction of sp³-hybridized carbons (Fsp3) is 0.429. The Morgan fingerprint density at radius 2 is 1.46 bits per heavy atom. The molecule has 1 unspecified atom stereocenters. The third-order valence-electron chi connectivity index (χ3n) is 5.05. The highest BCUT2D eigenvalue weighted by Gasteiger charge is 2.24. The largest absolute Gasteiger partial charge is 0.385 e. The number of hydrogen-bond acceptors (Lipinski definition) is 2. The van der Waals surface area contributed by atoms with Gasteiger partial charge in [-0.2, -0.15) is 0 Å². The van der Waals surface area contributed by atoms with E-state index in [2.05, 4.69) is 17.0 Å². The van der Waals surface area contributed by atoms with Gasteiger partial charge in [0, 0.05) is 11.6 Å². The zero-order chi connectivity index (χ0) is 17.0. The molecular weight excluding hydrogens is 318 g/mol. The number of piperidine rings is 1. The lowest BCUT2D eigenvalue weighted by molar-refractivity contribution is 0.0337. The Balaban J connectivity index is 1.65. The minimum atomic E-state index is -0.782. The van der Waals surface area contributed by atoms with E-state index in [0.717, 1.165) is 34.7 Å². The van der Waals surface area contributed by atoms with E-state index in [1.165, 1.54) is 32.4 Å². The standard InChI is InChI=1S/C21H26ClNO/c1-21(24,13-16-23-14-3-2-4-15-23)19-9-5-17(6-10-19)18-7-11-20(22)12-8-18/h5-12,24H,2-4,13-16H2,1H3. The van der Waals surface area contributed by atoms with Gasteiger partial charge >= 0.3 is 0 Å². The minimum Gasteiger partial charge on any atom is -0.385 e. The molecule has 0 radical (unpaired) electrons. The van der Waals surface area contributed by atoms with Crippen molar-refractivity contribution in [3.05, 3.63) is 59.1 Å². The third kappa shape index (κ3) is 4.38. The summed E-state index contributed by atoms with van der Waals surface area (Å²) in [5.74, 6) is 0. The summed E-state index contributed by atoms with van der Waals surface area (Å²) >= 11 is 5.95. The number of halogens is 1. The molecule has 0 saturated carbocycles. The molecule has 1 N–H and O–H groups in total. The number of rotatable bonds is 5. The van der Waals surface area contributed by atoms with Crippen molar-refractivity contribution in [2.45, 2.75) is 38.2 Å². The average Bonchev–Trinajstić information content (AvgIpc) is 2.62. The molecular formula is C21H26ClNO. The van der Waals surface area contributed by atoms with Gasteiger partial charge in [0.2, 0.25) is 0 Å². The fourth-order valence-corrected chi connectivity index (χ4v) is 3.49. The van der Waals surface area contributed by atoms with Crippen LogP contribution in [0.5, 0.6) is 0 Å². The van der Waals surface area contributed by atoms with Crippen LogP contribution in [0.1, 0.15) is 38.2 Å². The molecule has 0 aliphatic carbocycles. The molecule has 2 aromatic carbocycles. The van der Waals surface area contributed by atoms with Crippen molar-refractivity contribution >= 4 is 11.6 Å². The third-order valence-corrected chi connectivity index (χ3v) is 5.30. The van der Waals surface area contributed by atoms with Crippen LogP contribution >= 0.6 is 11.6 Å². The average molecular weight is 344 g/mol. The van der Waals surface area contributed by atoms with Crippen molar-refractivity contribution in [2.24, 2.45) is 0 Å². The highest BCUT2D eigenvalue weighted by Crippen LogP contribution is 2.28. The lowest BCUT2D eigenvalue weighted by Gasteiger charge is -2.31. The Morgan fingerprint density at radius 3 is 2.04 bits per heavy atom. The number of aliphatic hydroxyl groups is 1. The molecule has 1 saturated heterocycles. The van der Waals surface area contributed by atoms with E-state index in [0.29, 0.717) is 0 Å². The Morgan fingerprint density at radius 1 is 0.917 bits per heavy atom. The second kappa shape index (κ2) is 7.69. The van der Waals surface area contributed by atoms with Crippen LogP contribution in [0.3, 0.4) is 0 Å². The van der Waals surface area contributed by atoms with E-state index in [-0.39, 0.29) is 0 Å². The van der Waals surface area contributed by atoms with Crippen molar-refractivity contribution in [2.75, 3.05) is 19.6 Å². The van der Waals surface area contributed by atoms with Crippen molar-refractivity contribution in [3.8, 4) is 11.1 Å². The summed E-state index contributed by atoms with van der Waals surface area (Å²) in [6, 6.07) is 16.1. The topological polar surface area (TPSA) is 23.5 Å². The maximum atomic E-state index is 10.9. The summed E-state index contributed by atoms with van der Waals surface area (Å²) in [6.07, 6.45) is 4.70. The van der Waals surface area contributed by atoms with Gasteiger partial charge in [0.1, 0.15) is 0 Å². The van der Waals surface area contributed by atoms with Gasteiger partial charge in [0.15, 0.2) is 0 Å². The fourth-order valence-electron chi connectivity index (χ4n) is 3.37. The van der Waals surface area contributed by atoms with Gasteiger partial charge in [-0.05, 0) is 68.1 Å². The highest BCUT2D eigenvalue weighted by atomic mass is 35.5. The molecule has 0 spiro atoms. The molecule has 0 bridgehead atoms. The van der Waals surface area contributed by atoms with Crippen LogP contribution in [-0.2, 0) is 5.60 Å². The van der Waals surface area contributed by atoms with Gasteiger partial charge in [0.05, 0.1) is 5.60 Å². The maximum absolute atomic E-state index is 10.9. The van der Waals surface area contributed by atoms with Crippen molar-refractivity contribution in [3.63, 3.8) is 0 Å². The highest BCUT2D eigenvalue weighted by molar-refractivity contribution is 6.30. The van der Waals surface area contributed by atoms with Crippen LogP contribution in [0.4, 0.5) is 0 Å². The van der Waals surface area contributed by atoms with Gasteiger partial charge in [-0.1, -0.05) is 54.4 Å². The molecule has 1 atom stereocenters. The van der Waals surface area contributed by atoms with Gasteiger partial charge in [0.25, 0.3) is 0 Å². The summed E-state index contributed by atoms with van der Waals surface area (Å²) in [5, 5.41) is 11.6. The molecule has 0 amide bonds. The molecule has 1 aliphatic rings. The summed E-state index contributed by atoms with van der Waals surface area (Å²) in [6.45, 7) is 5.23. The Labute approximate surface area is 150 Å². The van der Waals surface area contributed by atoms with Gasteiger partial charge in [-0.15, -0.1) is 0 Å². The molecule has 0 aromatic heterocycles. The second-order valence-electron chi connectivity index (χ2n) is 7.01. The lowest BCUT2D eigenvalue weighted by Crippen LogP contribution is -2.34. The zero-order valence-corrected chi connectivity index (χ0v) is 15.1. The minimum absolute atomic E-state index is 0.746. The summed E-state index contributed by atoms with van der Waals surface area (Å²) in [4.78, 5) is 2.47. The number of nitrogens with zero attached hydrogens (tertiary/aromatic N) is 1. The molecule has 128 valence electrons. The van der Waals surface area contributed by atoms with Crippen LogP contribution < -0.4 is 0 Å². The van der Waals surface area contributed by atoms with E-state index in [1.54, 1.807) is 0 Å². The second-order valence-corrected chi connectivity index (χ2v) is 7.45. The molecule has 3 rings (SSSR count).